The molecule has 2 heterocycles. The van der Waals surface area contributed by atoms with E-state index >= 15 is 0 Å². The van der Waals surface area contributed by atoms with E-state index < -0.39 is 88.6 Å². The van der Waals surface area contributed by atoms with E-state index in [-0.39, 0.29) is 36.0 Å². The van der Waals surface area contributed by atoms with Crippen LogP contribution in [0.3, 0.4) is 0 Å². The van der Waals surface area contributed by atoms with Crippen molar-refractivity contribution >= 4 is 68.9 Å². The summed E-state index contributed by atoms with van der Waals surface area (Å²) in [6.07, 6.45) is 0.348. The fourth-order valence-electron chi connectivity index (χ4n) is 5.75. The van der Waals surface area contributed by atoms with Crippen molar-refractivity contribution in [3.8, 4) is 17.4 Å². The maximum Gasteiger partial charge on any atom is 0.344 e. The van der Waals surface area contributed by atoms with Crippen LogP contribution >= 0.6 is 11.7 Å². The van der Waals surface area contributed by atoms with Crippen LogP contribution in [0.15, 0.2) is 47.4 Å². The number of hydrogen-bond acceptors (Lipinski definition) is 20. The second kappa shape index (κ2) is 24.1. The van der Waals surface area contributed by atoms with Crippen molar-refractivity contribution in [1.29, 1.82) is 0 Å². The molecule has 4 rings (SSSR count). The number of esters is 4. The van der Waals surface area contributed by atoms with Crippen molar-refractivity contribution in [2.75, 3.05) is 82.6 Å². The Labute approximate surface area is 374 Å². The van der Waals surface area contributed by atoms with Crippen molar-refractivity contribution < 1.29 is 70.3 Å². The lowest BCUT2D eigenvalue weighted by Crippen LogP contribution is -2.52. The number of aromatic nitrogens is 2. The van der Waals surface area contributed by atoms with Crippen LogP contribution in [0.4, 0.5) is 11.5 Å². The first-order valence-corrected chi connectivity index (χ1v) is 22.3. The molecule has 1 fully saturated rings. The number of primary sulfonamides is 1. The summed E-state index contributed by atoms with van der Waals surface area (Å²) in [6.45, 7) is 7.09. The number of carbonyl (C=O) groups is 6. The van der Waals surface area contributed by atoms with Gasteiger partial charge in [0.2, 0.25) is 15.8 Å². The summed E-state index contributed by atoms with van der Waals surface area (Å²) < 4.78 is 71.7. The molecule has 0 radical (unpaired) electrons. The molecule has 2 aromatic carbocycles. The van der Waals surface area contributed by atoms with Gasteiger partial charge in [-0.05, 0) is 51.5 Å². The number of nitrogens with two attached hydrogens (primary N) is 1. The number of anilines is 2. The van der Waals surface area contributed by atoms with E-state index in [0.717, 1.165) is 31.1 Å². The number of nitrogens with one attached hydrogen (secondary N) is 2. The van der Waals surface area contributed by atoms with Crippen LogP contribution in [0.5, 0.6) is 17.4 Å². The van der Waals surface area contributed by atoms with E-state index in [2.05, 4.69) is 19.4 Å². The van der Waals surface area contributed by atoms with Crippen molar-refractivity contribution in [2.45, 2.75) is 64.0 Å². The third kappa shape index (κ3) is 16.2. The number of unbranched alkanes of at least 4 members (excludes halogenated alkanes) is 1. The van der Waals surface area contributed by atoms with Crippen molar-refractivity contribution in [3.63, 3.8) is 0 Å². The number of benzene rings is 2. The zero-order valence-corrected chi connectivity index (χ0v) is 37.8. The van der Waals surface area contributed by atoms with Gasteiger partial charge in [0, 0.05) is 32.1 Å². The van der Waals surface area contributed by atoms with E-state index in [1.807, 2.05) is 11.8 Å². The molecular formula is C40H53N7O15S2. The zero-order valence-electron chi connectivity index (χ0n) is 36.1. The van der Waals surface area contributed by atoms with E-state index in [1.54, 1.807) is 51.1 Å². The number of hydrogen-bond donors (Lipinski definition) is 3. The number of carbonyl (C=O) groups excluding carboxylic acids is 6. The Kier molecular flexibility index (Phi) is 19.0. The lowest BCUT2D eigenvalue weighted by Gasteiger charge is -2.37. The quantitative estimate of drug-likeness (QED) is 0.0696. The van der Waals surface area contributed by atoms with E-state index in [0.29, 0.717) is 50.8 Å². The molecule has 350 valence electrons. The predicted octanol–water partition coefficient (Wildman–Crippen LogP) is 2.02. The first-order valence-electron chi connectivity index (χ1n) is 20.0. The molecule has 2 amide bonds. The molecule has 0 spiro atoms. The zero-order chi connectivity index (χ0) is 46.9. The van der Waals surface area contributed by atoms with Crippen LogP contribution in [0, 0.1) is 0 Å². The minimum atomic E-state index is -4.45. The third-order valence-electron chi connectivity index (χ3n) is 8.87. The van der Waals surface area contributed by atoms with Crippen molar-refractivity contribution in [3.05, 3.63) is 48.0 Å². The molecule has 1 atom stereocenters. The number of morpholine rings is 1. The van der Waals surface area contributed by atoms with Crippen LogP contribution in [0.25, 0.3) is 0 Å². The third-order valence-corrected chi connectivity index (χ3v) is 10.3. The molecule has 4 N–H and O–H groups in total. The van der Waals surface area contributed by atoms with Crippen LogP contribution in [0.1, 0.15) is 57.8 Å². The largest absolute Gasteiger partial charge is 0.470 e. The summed E-state index contributed by atoms with van der Waals surface area (Å²) in [5.74, 6) is -4.57. The molecule has 1 aliphatic rings. The van der Waals surface area contributed by atoms with Gasteiger partial charge >= 0.3 is 23.9 Å². The van der Waals surface area contributed by atoms with Gasteiger partial charge < -0.3 is 53.6 Å². The number of para-hydroxylation sites is 1. The Morgan fingerprint density at radius 2 is 1.69 bits per heavy atom. The summed E-state index contributed by atoms with van der Waals surface area (Å²) in [6, 6.07) is 10.6. The Hall–Kier alpha value is -6.11. The molecule has 64 heavy (non-hydrogen) atoms. The molecule has 22 nitrogen and oxygen atoms in total. The molecule has 1 aromatic heterocycles. The van der Waals surface area contributed by atoms with E-state index in [1.165, 1.54) is 11.0 Å². The molecule has 0 bridgehead atoms. The monoisotopic (exact) mass is 935 g/mol. The fourth-order valence-corrected chi connectivity index (χ4v) is 6.97. The molecule has 24 heteroatoms. The summed E-state index contributed by atoms with van der Waals surface area (Å²) in [5, 5.41) is 10.8. The van der Waals surface area contributed by atoms with Crippen LogP contribution in [-0.4, -0.2) is 142 Å². The van der Waals surface area contributed by atoms with Gasteiger partial charge in [-0.25, -0.2) is 23.1 Å². The topological polar surface area (TPSA) is 284 Å². The highest BCUT2D eigenvalue weighted by Crippen LogP contribution is 2.37. The van der Waals surface area contributed by atoms with Gasteiger partial charge in [0.05, 0.1) is 42.7 Å². The van der Waals surface area contributed by atoms with Gasteiger partial charge in [0.1, 0.15) is 23.8 Å². The van der Waals surface area contributed by atoms with Gasteiger partial charge in [-0.1, -0.05) is 31.5 Å². The second-order valence-corrected chi connectivity index (χ2v) is 17.0. The van der Waals surface area contributed by atoms with Gasteiger partial charge in [-0.15, -0.1) is 4.37 Å². The normalized spacial score (nSPS) is 13.2. The van der Waals surface area contributed by atoms with Gasteiger partial charge in [-0.3, -0.25) is 19.2 Å². The molecule has 1 aliphatic heterocycles. The first-order chi connectivity index (χ1) is 30.3. The van der Waals surface area contributed by atoms with E-state index in [4.69, 9.17) is 38.3 Å². The molecular weight excluding hydrogens is 883 g/mol. The highest BCUT2D eigenvalue weighted by atomic mass is 32.2. The molecule has 0 aliphatic carbocycles. The molecule has 1 saturated heterocycles. The molecule has 3 aromatic rings. The maximum atomic E-state index is 13.1. The van der Waals surface area contributed by atoms with Crippen molar-refractivity contribution in [1.82, 2.24) is 19.0 Å². The first kappa shape index (κ1) is 50.5. The van der Waals surface area contributed by atoms with E-state index in [9.17, 15) is 37.2 Å². The lowest BCUT2D eigenvalue weighted by atomic mass is 10.1. The SMILES string of the molecule is CCCCNc1cc(C(=O)OCC(=O)NCC(=O)OCC(=O)O[C@H](COc2nsnc2N2CCOCC2)CN(C(=O)COC(C)=O)C(C)(C)C)cc(S(N)(=O)=O)c1Oc1ccccc1. The summed E-state index contributed by atoms with van der Waals surface area (Å²) >= 11 is 0.913. The minimum Gasteiger partial charge on any atom is -0.470 e. The van der Waals surface area contributed by atoms with Gasteiger partial charge in [-0.2, -0.15) is 4.37 Å². The number of sulfonamides is 1. The van der Waals surface area contributed by atoms with Crippen LogP contribution in [0.2, 0.25) is 0 Å². The maximum absolute atomic E-state index is 13.1. The summed E-state index contributed by atoms with van der Waals surface area (Å²) in [7, 11) is -4.45. The average molecular weight is 936 g/mol. The molecule has 0 saturated carbocycles. The Bertz CT molecular complexity index is 2190. The second-order valence-electron chi connectivity index (χ2n) is 15.0. The summed E-state index contributed by atoms with van der Waals surface area (Å²) in [4.78, 5) is 78.6. The van der Waals surface area contributed by atoms with Crippen LogP contribution in [-0.2, 0) is 57.7 Å². The fraction of sp³-hybridized carbons (Fsp3) is 0.500. The minimum absolute atomic E-state index is 0.134. The number of amides is 2. The van der Waals surface area contributed by atoms with Crippen LogP contribution < -0.4 is 30.1 Å². The predicted molar refractivity (Wildman–Crippen MR) is 228 cm³/mol. The number of ether oxygens (including phenoxy) is 7. The summed E-state index contributed by atoms with van der Waals surface area (Å²) in [5.41, 5.74) is -0.973. The van der Waals surface area contributed by atoms with Crippen molar-refractivity contribution in [2.24, 2.45) is 5.14 Å². The number of rotatable bonds is 23. The Morgan fingerprint density at radius 1 is 0.969 bits per heavy atom. The Morgan fingerprint density at radius 3 is 2.34 bits per heavy atom. The highest BCUT2D eigenvalue weighted by molar-refractivity contribution is 7.89. The standard InChI is InChI=1S/C40H53N7O15S2/c1-6-7-13-42-30-18-27(19-31(64(41,54)55)36(30)62-28-11-9-8-10-12-28)39(53)60-23-32(49)43-20-34(51)58-25-35(52)61-29(21-47(40(3,4)5)33(50)24-57-26(2)48)22-59-38-37(44-63-45-38)46-14-16-56-17-15-46/h8-12,18-19,29,42H,6-7,13-17,20-25H2,1-5H3,(H,43,49)(H2,41,54,55)/t29-/m0/s1. The highest BCUT2D eigenvalue weighted by Gasteiger charge is 2.32. The smallest absolute Gasteiger partial charge is 0.344 e. The lowest BCUT2D eigenvalue weighted by molar-refractivity contribution is -0.166. The molecule has 0 unspecified atom stereocenters. The Balaban J connectivity index is 1.35. The van der Waals surface area contributed by atoms with Gasteiger partial charge in [0.25, 0.3) is 17.7 Å². The van der Waals surface area contributed by atoms with Gasteiger partial charge in [0.15, 0.2) is 31.7 Å². The average Bonchev–Trinajstić information content (AvgIpc) is 3.73. The number of nitrogens with zero attached hydrogens (tertiary/aromatic N) is 4.